The first kappa shape index (κ1) is 17.9. The van der Waals surface area contributed by atoms with Crippen molar-refractivity contribution in [1.82, 2.24) is 20.2 Å². The smallest absolute Gasteiger partial charge is 0.204 e. The summed E-state index contributed by atoms with van der Waals surface area (Å²) in [6.07, 6.45) is 3.77. The molecule has 0 spiro atoms. The van der Waals surface area contributed by atoms with Gasteiger partial charge in [0.2, 0.25) is 5.96 Å². The molecule has 0 saturated carbocycles. The van der Waals surface area contributed by atoms with Crippen LogP contribution in [0.25, 0.3) is 0 Å². The van der Waals surface area contributed by atoms with Crippen LogP contribution in [0.2, 0.25) is 0 Å². The van der Waals surface area contributed by atoms with E-state index in [1.807, 2.05) is 37.3 Å². The molecule has 7 heteroatoms. The summed E-state index contributed by atoms with van der Waals surface area (Å²) in [6, 6.07) is 10.4. The minimum Gasteiger partial charge on any atom is -0.359 e. The van der Waals surface area contributed by atoms with E-state index >= 15 is 0 Å². The van der Waals surface area contributed by atoms with Crippen molar-refractivity contribution in [3.8, 4) is 6.19 Å². The maximum atomic E-state index is 8.58. The molecular formula is C17H22N6S. The molecule has 1 heterocycles. The number of nitrogens with zero attached hydrogens (tertiary/aromatic N) is 4. The number of nitriles is 1. The fourth-order valence-electron chi connectivity index (χ4n) is 2.24. The summed E-state index contributed by atoms with van der Waals surface area (Å²) in [4.78, 5) is 8.74. The molecule has 0 unspecified atom stereocenters. The number of benzene rings is 1. The number of aromatic nitrogens is 2. The van der Waals surface area contributed by atoms with Gasteiger partial charge in [0.15, 0.2) is 6.19 Å². The Morgan fingerprint density at radius 1 is 1.38 bits per heavy atom. The molecule has 2 rings (SSSR count). The molecule has 0 aliphatic carbocycles. The van der Waals surface area contributed by atoms with E-state index in [1.54, 1.807) is 7.05 Å². The van der Waals surface area contributed by atoms with Crippen molar-refractivity contribution in [2.75, 3.05) is 19.3 Å². The average Bonchev–Trinajstić information content (AvgIpc) is 2.94. The molecule has 0 radical (unpaired) electrons. The number of imidazole rings is 1. The standard InChI is InChI=1S/C17H22N6S/c1-14-16(11-24-9-8-20-17(19-2)21-12-18)23(13-22-14)10-15-6-4-3-5-7-15/h3-7,13H,8-11H2,1-2H3,(H2,19,20,21). The Balaban J connectivity index is 1.87. The second-order valence-corrected chi connectivity index (χ2v) is 6.27. The van der Waals surface area contributed by atoms with Crippen molar-refractivity contribution in [1.29, 1.82) is 5.26 Å². The van der Waals surface area contributed by atoms with Crippen LogP contribution in [0.15, 0.2) is 41.7 Å². The summed E-state index contributed by atoms with van der Waals surface area (Å²) in [7, 11) is 1.74. The Morgan fingerprint density at radius 2 is 2.17 bits per heavy atom. The second kappa shape index (κ2) is 9.63. The number of aryl methyl sites for hydroxylation is 1. The lowest BCUT2D eigenvalue weighted by molar-refractivity contribution is 0.764. The molecular weight excluding hydrogens is 320 g/mol. The summed E-state index contributed by atoms with van der Waals surface area (Å²) in [6.45, 7) is 3.54. The van der Waals surface area contributed by atoms with Crippen LogP contribution < -0.4 is 10.6 Å². The predicted molar refractivity (Wildman–Crippen MR) is 98.8 cm³/mol. The molecule has 126 valence electrons. The molecule has 0 amide bonds. The molecule has 2 N–H and O–H groups in total. The number of aliphatic imine (C=N–C) groups is 1. The second-order valence-electron chi connectivity index (χ2n) is 5.16. The third-order valence-electron chi connectivity index (χ3n) is 3.51. The lowest BCUT2D eigenvalue weighted by Gasteiger charge is -2.09. The van der Waals surface area contributed by atoms with E-state index < -0.39 is 0 Å². The molecule has 0 aliphatic rings. The van der Waals surface area contributed by atoms with E-state index in [2.05, 4.69) is 49.4 Å². The highest BCUT2D eigenvalue weighted by Gasteiger charge is 2.08. The lowest BCUT2D eigenvalue weighted by Crippen LogP contribution is -2.31. The molecule has 6 nitrogen and oxygen atoms in total. The zero-order valence-corrected chi connectivity index (χ0v) is 14.8. The number of hydrogen-bond donors (Lipinski definition) is 2. The predicted octanol–water partition coefficient (Wildman–Crippen LogP) is 2.12. The van der Waals surface area contributed by atoms with Gasteiger partial charge in [0, 0.05) is 25.1 Å². The van der Waals surface area contributed by atoms with E-state index in [0.717, 1.165) is 23.7 Å². The fourth-order valence-corrected chi connectivity index (χ4v) is 3.17. The zero-order chi connectivity index (χ0) is 17.2. The number of hydrogen-bond acceptors (Lipinski definition) is 4. The maximum absolute atomic E-state index is 8.58. The summed E-state index contributed by atoms with van der Waals surface area (Å²) >= 11 is 1.81. The van der Waals surface area contributed by atoms with Crippen LogP contribution in [0, 0.1) is 18.4 Å². The van der Waals surface area contributed by atoms with Gasteiger partial charge >= 0.3 is 0 Å². The van der Waals surface area contributed by atoms with Crippen LogP contribution in [0.4, 0.5) is 0 Å². The minimum atomic E-state index is 0.503. The Morgan fingerprint density at radius 3 is 2.88 bits per heavy atom. The Labute approximate surface area is 147 Å². The summed E-state index contributed by atoms with van der Waals surface area (Å²) < 4.78 is 2.21. The Kier molecular flexibility index (Phi) is 7.18. The highest BCUT2D eigenvalue weighted by atomic mass is 32.2. The van der Waals surface area contributed by atoms with Gasteiger partial charge in [-0.05, 0) is 12.5 Å². The van der Waals surface area contributed by atoms with Gasteiger partial charge in [-0.25, -0.2) is 4.98 Å². The third kappa shape index (κ3) is 5.32. The highest BCUT2D eigenvalue weighted by molar-refractivity contribution is 7.98. The van der Waals surface area contributed by atoms with Crippen molar-refractivity contribution in [3.63, 3.8) is 0 Å². The number of rotatable bonds is 7. The van der Waals surface area contributed by atoms with Crippen molar-refractivity contribution in [3.05, 3.63) is 53.6 Å². The van der Waals surface area contributed by atoms with E-state index in [-0.39, 0.29) is 0 Å². The van der Waals surface area contributed by atoms with Crippen LogP contribution in [0.3, 0.4) is 0 Å². The molecule has 2 aromatic rings. The van der Waals surface area contributed by atoms with Crippen LogP contribution in [-0.2, 0) is 12.3 Å². The maximum Gasteiger partial charge on any atom is 0.204 e. The highest BCUT2D eigenvalue weighted by Crippen LogP contribution is 2.17. The number of guanidine groups is 1. The van der Waals surface area contributed by atoms with Gasteiger partial charge < -0.3 is 9.88 Å². The minimum absolute atomic E-state index is 0.503. The van der Waals surface area contributed by atoms with Crippen molar-refractivity contribution in [2.24, 2.45) is 4.99 Å². The van der Waals surface area contributed by atoms with Gasteiger partial charge in [-0.3, -0.25) is 10.3 Å². The van der Waals surface area contributed by atoms with E-state index in [4.69, 9.17) is 5.26 Å². The van der Waals surface area contributed by atoms with Crippen LogP contribution in [0.5, 0.6) is 0 Å². The Hall–Kier alpha value is -2.46. The largest absolute Gasteiger partial charge is 0.359 e. The summed E-state index contributed by atoms with van der Waals surface area (Å²) in [5.74, 6) is 2.28. The van der Waals surface area contributed by atoms with Gasteiger partial charge in [0.1, 0.15) is 0 Å². The molecule has 1 aromatic heterocycles. The van der Waals surface area contributed by atoms with Crippen LogP contribution >= 0.6 is 11.8 Å². The first-order valence-corrected chi connectivity index (χ1v) is 8.89. The molecule has 0 atom stereocenters. The van der Waals surface area contributed by atoms with Crippen LogP contribution in [0.1, 0.15) is 17.0 Å². The molecule has 0 bridgehead atoms. The normalized spacial score (nSPS) is 11.1. The number of nitrogens with one attached hydrogen (secondary N) is 2. The van der Waals surface area contributed by atoms with Crippen LogP contribution in [-0.4, -0.2) is 34.9 Å². The average molecular weight is 342 g/mol. The molecule has 24 heavy (non-hydrogen) atoms. The molecule has 1 aromatic carbocycles. The zero-order valence-electron chi connectivity index (χ0n) is 14.0. The molecule has 0 fully saturated rings. The van der Waals surface area contributed by atoms with E-state index in [1.165, 1.54) is 11.3 Å². The lowest BCUT2D eigenvalue weighted by atomic mass is 10.2. The molecule has 0 saturated heterocycles. The van der Waals surface area contributed by atoms with Gasteiger partial charge in [-0.15, -0.1) is 0 Å². The van der Waals surface area contributed by atoms with E-state index in [9.17, 15) is 0 Å². The first-order chi connectivity index (χ1) is 11.7. The topological polar surface area (TPSA) is 78.0 Å². The first-order valence-electron chi connectivity index (χ1n) is 7.74. The number of thioether (sulfide) groups is 1. The van der Waals surface area contributed by atoms with Gasteiger partial charge in [0.25, 0.3) is 0 Å². The monoisotopic (exact) mass is 342 g/mol. The molecule has 0 aliphatic heterocycles. The van der Waals surface area contributed by atoms with Gasteiger partial charge in [0.05, 0.1) is 24.3 Å². The van der Waals surface area contributed by atoms with Crippen molar-refractivity contribution >= 4 is 17.7 Å². The Bertz CT molecular complexity index is 702. The SMILES string of the molecule is CNC(=NCCSCc1c(C)ncn1Cc1ccccc1)NC#N. The van der Waals surface area contributed by atoms with Gasteiger partial charge in [-0.1, -0.05) is 30.3 Å². The summed E-state index contributed by atoms with van der Waals surface area (Å²) in [5.41, 5.74) is 3.59. The van der Waals surface area contributed by atoms with E-state index in [0.29, 0.717) is 12.5 Å². The summed E-state index contributed by atoms with van der Waals surface area (Å²) in [5, 5.41) is 13.9. The third-order valence-corrected chi connectivity index (χ3v) is 4.46. The van der Waals surface area contributed by atoms with Gasteiger partial charge in [-0.2, -0.15) is 17.0 Å². The fraction of sp³-hybridized carbons (Fsp3) is 0.353. The van der Waals surface area contributed by atoms with Crippen molar-refractivity contribution in [2.45, 2.75) is 19.2 Å². The van der Waals surface area contributed by atoms with Crippen molar-refractivity contribution < 1.29 is 0 Å². The quantitative estimate of drug-likeness (QED) is 0.265.